The van der Waals surface area contributed by atoms with Crippen molar-refractivity contribution >= 4 is 11.3 Å². The average molecular weight is 209 g/mol. The fraction of sp³-hybridized carbons (Fsp3) is 0.333. The normalized spacial score (nSPS) is 10.6. The van der Waals surface area contributed by atoms with Gasteiger partial charge in [-0.1, -0.05) is 24.7 Å². The monoisotopic (exact) mass is 209 g/mol. The van der Waals surface area contributed by atoms with Crippen LogP contribution in [0.4, 0.5) is 0 Å². The van der Waals surface area contributed by atoms with Crippen molar-refractivity contribution in [3.8, 4) is 10.9 Å². The third kappa shape index (κ3) is 1.77. The van der Waals surface area contributed by atoms with Crippen molar-refractivity contribution in [2.45, 2.75) is 19.8 Å². The van der Waals surface area contributed by atoms with E-state index in [4.69, 9.17) is 5.11 Å². The molecule has 0 atom stereocenters. The van der Waals surface area contributed by atoms with Crippen LogP contribution in [0.2, 0.25) is 0 Å². The third-order valence-electron chi connectivity index (χ3n) is 1.80. The lowest BCUT2D eigenvalue weighted by Crippen LogP contribution is -1.91. The van der Waals surface area contributed by atoms with Gasteiger partial charge in [-0.3, -0.25) is 0 Å². The molecular weight excluding hydrogens is 198 g/mol. The Morgan fingerprint density at radius 2 is 2.36 bits per heavy atom. The number of thiazole rings is 1. The van der Waals surface area contributed by atoms with Crippen LogP contribution in [-0.2, 0) is 6.42 Å². The second-order valence-corrected chi connectivity index (χ2v) is 4.10. The Morgan fingerprint density at radius 3 is 3.00 bits per heavy atom. The zero-order chi connectivity index (χ0) is 9.97. The molecule has 5 heteroatoms. The van der Waals surface area contributed by atoms with Gasteiger partial charge in [-0.25, -0.2) is 9.67 Å². The zero-order valence-electron chi connectivity index (χ0n) is 7.84. The highest BCUT2D eigenvalue weighted by atomic mass is 32.1. The average Bonchev–Trinajstić information content (AvgIpc) is 2.74. The number of aryl methyl sites for hydroxylation is 1. The smallest absolute Gasteiger partial charge is 0.210 e. The number of hydrogen-bond acceptors (Lipinski definition) is 4. The van der Waals surface area contributed by atoms with Gasteiger partial charge < -0.3 is 5.11 Å². The first-order chi connectivity index (χ1) is 6.79. The quantitative estimate of drug-likeness (QED) is 0.841. The van der Waals surface area contributed by atoms with Crippen LogP contribution >= 0.6 is 11.3 Å². The topological polar surface area (TPSA) is 50.9 Å². The molecule has 74 valence electrons. The Hall–Kier alpha value is -1.36. The van der Waals surface area contributed by atoms with Crippen molar-refractivity contribution < 1.29 is 5.11 Å². The lowest BCUT2D eigenvalue weighted by atomic mass is 10.3. The molecule has 2 aromatic rings. The SMILES string of the molecule is CCCc1cnc(-n2cc(O)cn2)s1. The largest absolute Gasteiger partial charge is 0.505 e. The van der Waals surface area contributed by atoms with Crippen LogP contribution in [0.25, 0.3) is 5.13 Å². The molecule has 0 fully saturated rings. The van der Waals surface area contributed by atoms with Gasteiger partial charge in [0.2, 0.25) is 5.13 Å². The van der Waals surface area contributed by atoms with E-state index in [1.165, 1.54) is 11.1 Å². The van der Waals surface area contributed by atoms with Crippen molar-refractivity contribution in [1.82, 2.24) is 14.8 Å². The Balaban J connectivity index is 2.24. The van der Waals surface area contributed by atoms with Crippen molar-refractivity contribution in [2.75, 3.05) is 0 Å². The minimum absolute atomic E-state index is 0.164. The molecule has 4 nitrogen and oxygen atoms in total. The number of rotatable bonds is 3. The summed E-state index contributed by atoms with van der Waals surface area (Å²) in [6.45, 7) is 2.14. The first-order valence-corrected chi connectivity index (χ1v) is 5.30. The van der Waals surface area contributed by atoms with E-state index in [0.717, 1.165) is 18.0 Å². The van der Waals surface area contributed by atoms with E-state index in [-0.39, 0.29) is 5.75 Å². The Kier molecular flexibility index (Phi) is 2.49. The Morgan fingerprint density at radius 1 is 1.50 bits per heavy atom. The number of aromatic nitrogens is 3. The summed E-state index contributed by atoms with van der Waals surface area (Å²) in [4.78, 5) is 5.47. The van der Waals surface area contributed by atoms with E-state index < -0.39 is 0 Å². The summed E-state index contributed by atoms with van der Waals surface area (Å²) in [5, 5.41) is 13.9. The van der Waals surface area contributed by atoms with Crippen molar-refractivity contribution in [2.24, 2.45) is 0 Å². The summed E-state index contributed by atoms with van der Waals surface area (Å²) in [5.41, 5.74) is 0. The predicted octanol–water partition coefficient (Wildman–Crippen LogP) is 1.99. The van der Waals surface area contributed by atoms with Gasteiger partial charge in [-0.15, -0.1) is 0 Å². The molecule has 1 N–H and O–H groups in total. The second kappa shape index (κ2) is 3.79. The zero-order valence-corrected chi connectivity index (χ0v) is 8.66. The minimum Gasteiger partial charge on any atom is -0.505 e. The van der Waals surface area contributed by atoms with Gasteiger partial charge in [-0.2, -0.15) is 5.10 Å². The molecular formula is C9H11N3OS. The molecule has 0 amide bonds. The van der Waals surface area contributed by atoms with Gasteiger partial charge in [-0.05, 0) is 6.42 Å². The molecule has 2 rings (SSSR count). The molecule has 0 saturated heterocycles. The van der Waals surface area contributed by atoms with Crippen LogP contribution in [0.5, 0.6) is 5.75 Å². The van der Waals surface area contributed by atoms with E-state index in [0.29, 0.717) is 0 Å². The summed E-state index contributed by atoms with van der Waals surface area (Å²) < 4.78 is 1.58. The van der Waals surface area contributed by atoms with E-state index >= 15 is 0 Å². The summed E-state index contributed by atoms with van der Waals surface area (Å²) in [5.74, 6) is 0.164. The summed E-state index contributed by atoms with van der Waals surface area (Å²) in [7, 11) is 0. The van der Waals surface area contributed by atoms with Crippen LogP contribution in [0.3, 0.4) is 0 Å². The number of aromatic hydroxyl groups is 1. The minimum atomic E-state index is 0.164. The Labute approximate surface area is 85.8 Å². The predicted molar refractivity (Wildman–Crippen MR) is 54.9 cm³/mol. The highest BCUT2D eigenvalue weighted by molar-refractivity contribution is 7.14. The molecule has 14 heavy (non-hydrogen) atoms. The molecule has 2 aromatic heterocycles. The summed E-state index contributed by atoms with van der Waals surface area (Å²) in [6.07, 6.45) is 6.98. The van der Waals surface area contributed by atoms with E-state index in [9.17, 15) is 0 Å². The molecule has 2 heterocycles. The molecule has 0 spiro atoms. The van der Waals surface area contributed by atoms with Crippen LogP contribution in [-0.4, -0.2) is 19.9 Å². The lowest BCUT2D eigenvalue weighted by Gasteiger charge is -1.91. The lowest BCUT2D eigenvalue weighted by molar-refractivity contribution is 0.475. The van der Waals surface area contributed by atoms with E-state index in [1.807, 2.05) is 6.20 Å². The molecule has 0 radical (unpaired) electrons. The Bertz CT molecular complexity index is 421. The summed E-state index contributed by atoms with van der Waals surface area (Å²) >= 11 is 1.60. The van der Waals surface area contributed by atoms with Crippen LogP contribution in [0.15, 0.2) is 18.6 Å². The van der Waals surface area contributed by atoms with E-state index in [2.05, 4.69) is 17.0 Å². The summed E-state index contributed by atoms with van der Waals surface area (Å²) in [6, 6.07) is 0. The van der Waals surface area contributed by atoms with E-state index in [1.54, 1.807) is 22.2 Å². The maximum atomic E-state index is 9.12. The second-order valence-electron chi connectivity index (χ2n) is 3.00. The molecule has 0 aromatic carbocycles. The number of hydrogen-bond donors (Lipinski definition) is 1. The molecule has 0 bridgehead atoms. The molecule has 0 aliphatic heterocycles. The van der Waals surface area contributed by atoms with Crippen LogP contribution in [0.1, 0.15) is 18.2 Å². The highest BCUT2D eigenvalue weighted by Crippen LogP contribution is 2.19. The third-order valence-corrected chi connectivity index (χ3v) is 2.85. The van der Waals surface area contributed by atoms with Gasteiger partial charge in [0.05, 0.1) is 12.4 Å². The van der Waals surface area contributed by atoms with Gasteiger partial charge in [0.1, 0.15) is 0 Å². The molecule has 0 saturated carbocycles. The maximum Gasteiger partial charge on any atom is 0.210 e. The maximum absolute atomic E-state index is 9.12. The van der Waals surface area contributed by atoms with Gasteiger partial charge in [0.15, 0.2) is 5.75 Å². The van der Waals surface area contributed by atoms with Crippen molar-refractivity contribution in [1.29, 1.82) is 0 Å². The van der Waals surface area contributed by atoms with Crippen molar-refractivity contribution in [3.63, 3.8) is 0 Å². The van der Waals surface area contributed by atoms with Gasteiger partial charge in [0.25, 0.3) is 0 Å². The molecule has 0 aliphatic rings. The van der Waals surface area contributed by atoms with Crippen LogP contribution < -0.4 is 0 Å². The molecule has 0 aliphatic carbocycles. The highest BCUT2D eigenvalue weighted by Gasteiger charge is 2.04. The van der Waals surface area contributed by atoms with Gasteiger partial charge >= 0.3 is 0 Å². The standard InChI is InChI=1S/C9H11N3OS/c1-2-3-8-5-10-9(14-8)12-6-7(13)4-11-12/h4-6,13H,2-3H2,1H3. The fourth-order valence-electron chi connectivity index (χ4n) is 1.18. The van der Waals surface area contributed by atoms with Crippen molar-refractivity contribution in [3.05, 3.63) is 23.5 Å². The fourth-order valence-corrected chi connectivity index (χ4v) is 2.13. The van der Waals surface area contributed by atoms with Crippen LogP contribution in [0, 0.1) is 0 Å². The van der Waals surface area contributed by atoms with Gasteiger partial charge in [0, 0.05) is 11.1 Å². The first-order valence-electron chi connectivity index (χ1n) is 4.48. The first kappa shape index (κ1) is 9.21. The number of nitrogens with zero attached hydrogens (tertiary/aromatic N) is 3. The molecule has 0 unspecified atom stereocenters.